The molecule has 2 aromatic rings. The zero-order valence-corrected chi connectivity index (χ0v) is 13.9. The molecule has 0 bridgehead atoms. The molecule has 1 amide bonds. The summed E-state index contributed by atoms with van der Waals surface area (Å²) in [6, 6.07) is 12.0. The van der Waals surface area contributed by atoms with E-state index in [0.717, 1.165) is 49.8 Å². The number of carbonyl (C=O) groups is 1. The minimum absolute atomic E-state index is 0.111. The lowest BCUT2D eigenvalue weighted by Gasteiger charge is -2.36. The molecule has 126 valence electrons. The lowest BCUT2D eigenvalue weighted by molar-refractivity contribution is -0.133. The second kappa shape index (κ2) is 6.23. The predicted molar refractivity (Wildman–Crippen MR) is 91.3 cm³/mol. The van der Waals surface area contributed by atoms with Gasteiger partial charge in [-0.1, -0.05) is 6.07 Å². The molecule has 1 aromatic carbocycles. The number of carbonyl (C=O) groups excluding carboxylic acids is 1. The Labute approximate surface area is 141 Å². The van der Waals surface area contributed by atoms with E-state index >= 15 is 0 Å². The average molecular weight is 326 g/mol. The highest BCUT2D eigenvalue weighted by Crippen LogP contribution is 2.48. The Hall–Kier alpha value is -2.43. The van der Waals surface area contributed by atoms with Gasteiger partial charge in [0.1, 0.15) is 11.5 Å². The van der Waals surface area contributed by atoms with Gasteiger partial charge in [-0.3, -0.25) is 4.79 Å². The van der Waals surface area contributed by atoms with Gasteiger partial charge in [0.15, 0.2) is 0 Å². The lowest BCUT2D eigenvalue weighted by Crippen LogP contribution is -2.49. The highest BCUT2D eigenvalue weighted by Gasteiger charge is 2.47. The molecule has 2 fully saturated rings. The first-order valence-corrected chi connectivity index (χ1v) is 8.47. The zero-order valence-electron chi connectivity index (χ0n) is 13.9. The van der Waals surface area contributed by atoms with E-state index in [1.54, 1.807) is 13.4 Å². The molecule has 1 saturated carbocycles. The number of amides is 1. The monoisotopic (exact) mass is 326 g/mol. The summed E-state index contributed by atoms with van der Waals surface area (Å²) in [7, 11) is 1.68. The number of hydrogen-bond acceptors (Lipinski definition) is 4. The minimum Gasteiger partial charge on any atom is -0.497 e. The Bertz CT molecular complexity index is 705. The van der Waals surface area contributed by atoms with Crippen molar-refractivity contribution < 1.29 is 13.9 Å². The molecule has 1 saturated heterocycles. The molecule has 0 spiro atoms. The van der Waals surface area contributed by atoms with E-state index in [2.05, 4.69) is 11.0 Å². The van der Waals surface area contributed by atoms with Crippen molar-refractivity contribution in [1.29, 1.82) is 0 Å². The van der Waals surface area contributed by atoms with Crippen LogP contribution in [0.5, 0.6) is 5.75 Å². The quantitative estimate of drug-likeness (QED) is 0.867. The third kappa shape index (κ3) is 2.86. The van der Waals surface area contributed by atoms with E-state index in [-0.39, 0.29) is 17.7 Å². The summed E-state index contributed by atoms with van der Waals surface area (Å²) >= 11 is 0. The SMILES string of the molecule is COc1cccc(N2CCN(C(=O)[C@@H]3C[C@H]3c3ccco3)CC2)c1. The fraction of sp³-hybridized carbons (Fsp3) is 0.421. The Morgan fingerprint density at radius 3 is 2.71 bits per heavy atom. The van der Waals surface area contributed by atoms with Gasteiger partial charge >= 0.3 is 0 Å². The van der Waals surface area contributed by atoms with Gasteiger partial charge in [-0.15, -0.1) is 0 Å². The molecule has 24 heavy (non-hydrogen) atoms. The van der Waals surface area contributed by atoms with Crippen molar-refractivity contribution in [1.82, 2.24) is 4.90 Å². The number of rotatable bonds is 4. The average Bonchev–Trinajstić information content (AvgIpc) is 3.26. The first kappa shape index (κ1) is 15.1. The molecule has 2 heterocycles. The van der Waals surface area contributed by atoms with Gasteiger partial charge in [-0.25, -0.2) is 0 Å². The lowest BCUT2D eigenvalue weighted by atomic mass is 10.2. The molecule has 2 atom stereocenters. The van der Waals surface area contributed by atoms with E-state index in [0.29, 0.717) is 0 Å². The molecule has 1 aliphatic heterocycles. The van der Waals surface area contributed by atoms with Crippen LogP contribution in [0, 0.1) is 5.92 Å². The first-order valence-electron chi connectivity index (χ1n) is 8.47. The molecule has 5 nitrogen and oxygen atoms in total. The molecule has 0 unspecified atom stereocenters. The summed E-state index contributed by atoms with van der Waals surface area (Å²) in [5.41, 5.74) is 1.15. The molecule has 2 aliphatic rings. The molecule has 0 N–H and O–H groups in total. The number of nitrogens with zero attached hydrogens (tertiary/aromatic N) is 2. The minimum atomic E-state index is 0.111. The normalized spacial score (nSPS) is 23.2. The van der Waals surface area contributed by atoms with E-state index in [1.165, 1.54) is 0 Å². The number of furan rings is 1. The van der Waals surface area contributed by atoms with E-state index < -0.39 is 0 Å². The van der Waals surface area contributed by atoms with Crippen molar-refractivity contribution in [3.05, 3.63) is 48.4 Å². The van der Waals surface area contributed by atoms with Crippen LogP contribution in [-0.4, -0.2) is 44.1 Å². The van der Waals surface area contributed by atoms with Crippen LogP contribution in [0.4, 0.5) is 5.69 Å². The number of ether oxygens (including phenoxy) is 1. The van der Waals surface area contributed by atoms with Crippen LogP contribution in [0.3, 0.4) is 0 Å². The van der Waals surface area contributed by atoms with Crippen molar-refractivity contribution in [2.24, 2.45) is 5.92 Å². The van der Waals surface area contributed by atoms with Crippen LogP contribution >= 0.6 is 0 Å². The molecule has 0 radical (unpaired) electrons. The van der Waals surface area contributed by atoms with Crippen LogP contribution in [0.25, 0.3) is 0 Å². The van der Waals surface area contributed by atoms with Gasteiger partial charge in [0.2, 0.25) is 5.91 Å². The summed E-state index contributed by atoms with van der Waals surface area (Å²) in [4.78, 5) is 17.0. The predicted octanol–water partition coefficient (Wildman–Crippen LogP) is 2.74. The van der Waals surface area contributed by atoms with Crippen LogP contribution in [0.1, 0.15) is 18.1 Å². The first-order chi connectivity index (χ1) is 11.8. The number of hydrogen-bond donors (Lipinski definition) is 0. The number of methoxy groups -OCH3 is 1. The fourth-order valence-electron chi connectivity index (χ4n) is 3.51. The van der Waals surface area contributed by atoms with Crippen molar-refractivity contribution in [3.8, 4) is 5.75 Å². The maximum Gasteiger partial charge on any atom is 0.226 e. The van der Waals surface area contributed by atoms with Gasteiger partial charge < -0.3 is 19.0 Å². The largest absolute Gasteiger partial charge is 0.497 e. The maximum atomic E-state index is 12.7. The Morgan fingerprint density at radius 2 is 2.00 bits per heavy atom. The molecule has 1 aliphatic carbocycles. The summed E-state index contributed by atoms with van der Waals surface area (Å²) in [5.74, 6) is 2.48. The van der Waals surface area contributed by atoms with Crippen molar-refractivity contribution in [2.75, 3.05) is 38.2 Å². The maximum absolute atomic E-state index is 12.7. The smallest absolute Gasteiger partial charge is 0.226 e. The third-order valence-corrected chi connectivity index (χ3v) is 5.03. The van der Waals surface area contributed by atoms with Gasteiger partial charge in [-0.2, -0.15) is 0 Å². The summed E-state index contributed by atoms with van der Waals surface area (Å²) in [6.45, 7) is 3.27. The molecule has 1 aromatic heterocycles. The molecular weight excluding hydrogens is 304 g/mol. The standard InChI is InChI=1S/C19H22N2O3/c1-23-15-5-2-4-14(12-15)20-7-9-21(10-8-20)19(22)17-13-16(17)18-6-3-11-24-18/h2-6,11-12,16-17H,7-10,13H2,1H3/t16-,17-/m1/s1. The van der Waals surface area contributed by atoms with Crippen molar-refractivity contribution >= 4 is 11.6 Å². The van der Waals surface area contributed by atoms with Gasteiger partial charge in [-0.05, 0) is 30.7 Å². The van der Waals surface area contributed by atoms with Crippen molar-refractivity contribution in [3.63, 3.8) is 0 Å². The second-order valence-electron chi connectivity index (χ2n) is 6.48. The van der Waals surface area contributed by atoms with Crippen LogP contribution in [0.2, 0.25) is 0 Å². The van der Waals surface area contributed by atoms with E-state index in [4.69, 9.17) is 9.15 Å². The number of benzene rings is 1. The topological polar surface area (TPSA) is 45.9 Å². The molecular formula is C19H22N2O3. The third-order valence-electron chi connectivity index (χ3n) is 5.03. The summed E-state index contributed by atoms with van der Waals surface area (Å²) in [5, 5.41) is 0. The van der Waals surface area contributed by atoms with Crippen LogP contribution in [0.15, 0.2) is 47.1 Å². The van der Waals surface area contributed by atoms with E-state index in [9.17, 15) is 4.79 Å². The Balaban J connectivity index is 1.34. The van der Waals surface area contributed by atoms with Crippen LogP contribution < -0.4 is 9.64 Å². The van der Waals surface area contributed by atoms with Crippen molar-refractivity contribution in [2.45, 2.75) is 12.3 Å². The number of anilines is 1. The highest BCUT2D eigenvalue weighted by molar-refractivity contribution is 5.83. The van der Waals surface area contributed by atoms with Gasteiger partial charge in [0.05, 0.1) is 13.4 Å². The molecule has 4 rings (SSSR count). The van der Waals surface area contributed by atoms with E-state index in [1.807, 2.05) is 35.2 Å². The fourth-order valence-corrected chi connectivity index (χ4v) is 3.51. The van der Waals surface area contributed by atoms with Crippen LogP contribution in [-0.2, 0) is 4.79 Å². The summed E-state index contributed by atoms with van der Waals surface area (Å²) in [6.07, 6.45) is 2.60. The Morgan fingerprint density at radius 1 is 1.17 bits per heavy atom. The molecule has 5 heteroatoms. The van der Waals surface area contributed by atoms with Gasteiger partial charge in [0.25, 0.3) is 0 Å². The number of piperazine rings is 1. The second-order valence-corrected chi connectivity index (χ2v) is 6.48. The van der Waals surface area contributed by atoms with Gasteiger partial charge in [0, 0.05) is 49.8 Å². The highest BCUT2D eigenvalue weighted by atomic mass is 16.5. The Kier molecular flexibility index (Phi) is 3.92. The zero-order chi connectivity index (χ0) is 16.5. The summed E-state index contributed by atoms with van der Waals surface area (Å²) < 4.78 is 10.7.